The minimum atomic E-state index is -0.527. The van der Waals surface area contributed by atoms with Gasteiger partial charge >= 0.3 is 11.9 Å². The first kappa shape index (κ1) is 26.6. The molecule has 8 heteroatoms. The molecule has 166 valence electrons. The summed E-state index contributed by atoms with van der Waals surface area (Å²) in [6, 6.07) is 0. The van der Waals surface area contributed by atoms with Gasteiger partial charge in [0.1, 0.15) is 13.2 Å². The molecule has 0 aromatic rings. The molecule has 2 amide bonds. The Morgan fingerprint density at radius 3 is 1.86 bits per heavy atom. The highest BCUT2D eigenvalue weighted by atomic mass is 16.6. The van der Waals surface area contributed by atoms with Crippen LogP contribution in [-0.4, -0.2) is 50.1 Å². The van der Waals surface area contributed by atoms with Gasteiger partial charge in [0.2, 0.25) is 11.8 Å². The Morgan fingerprint density at radius 1 is 0.759 bits per heavy atom. The van der Waals surface area contributed by atoms with Gasteiger partial charge in [0.15, 0.2) is 0 Å². The topological polar surface area (TPSA) is 111 Å². The number of ether oxygens (including phenoxy) is 2. The van der Waals surface area contributed by atoms with Gasteiger partial charge in [0.25, 0.3) is 0 Å². The summed E-state index contributed by atoms with van der Waals surface area (Å²) < 4.78 is 9.82. The van der Waals surface area contributed by atoms with E-state index in [9.17, 15) is 19.2 Å². The molecule has 0 fully saturated rings. The molecule has 0 bridgehead atoms. The fourth-order valence-corrected chi connectivity index (χ4v) is 2.31. The molecule has 2 N–H and O–H groups in total. The van der Waals surface area contributed by atoms with Crippen LogP contribution in [0, 0.1) is 0 Å². The number of hydrogen-bond donors (Lipinski definition) is 2. The molecule has 0 saturated carbocycles. The lowest BCUT2D eigenvalue weighted by Gasteiger charge is -2.07. The Hall–Kier alpha value is -2.38. The normalized spacial score (nSPS) is 10.6. The van der Waals surface area contributed by atoms with Crippen molar-refractivity contribution in [1.82, 2.24) is 10.6 Å². The van der Waals surface area contributed by atoms with E-state index < -0.39 is 11.9 Å². The highest BCUT2D eigenvalue weighted by Crippen LogP contribution is 2.01. The average Bonchev–Trinajstić information content (AvgIpc) is 2.71. The monoisotopic (exact) mass is 412 g/mol. The highest BCUT2D eigenvalue weighted by Gasteiger charge is 2.10. The lowest BCUT2D eigenvalue weighted by Crippen LogP contribution is -2.25. The van der Waals surface area contributed by atoms with Crippen LogP contribution in [0.4, 0.5) is 0 Å². The maximum absolute atomic E-state index is 11.6. The van der Waals surface area contributed by atoms with E-state index >= 15 is 0 Å². The van der Waals surface area contributed by atoms with Crippen molar-refractivity contribution in [3.05, 3.63) is 12.2 Å². The lowest BCUT2D eigenvalue weighted by molar-refractivity contribution is -0.153. The Labute approximate surface area is 173 Å². The lowest BCUT2D eigenvalue weighted by atomic mass is 10.1. The maximum Gasteiger partial charge on any atom is 0.306 e. The third-order valence-electron chi connectivity index (χ3n) is 3.98. The molecule has 0 rings (SSSR count). The van der Waals surface area contributed by atoms with Crippen LogP contribution in [0.1, 0.15) is 71.6 Å². The van der Waals surface area contributed by atoms with Crippen LogP contribution in [0.15, 0.2) is 12.2 Å². The summed E-state index contributed by atoms with van der Waals surface area (Å²) in [5, 5.41) is 5.42. The van der Waals surface area contributed by atoms with Crippen molar-refractivity contribution in [2.75, 3.05) is 26.3 Å². The van der Waals surface area contributed by atoms with E-state index in [-0.39, 0.29) is 50.7 Å². The Kier molecular flexibility index (Phi) is 17.4. The van der Waals surface area contributed by atoms with E-state index in [0.29, 0.717) is 13.1 Å². The van der Waals surface area contributed by atoms with Crippen LogP contribution in [0.3, 0.4) is 0 Å². The van der Waals surface area contributed by atoms with Crippen LogP contribution >= 0.6 is 0 Å². The molecule has 0 aromatic carbocycles. The van der Waals surface area contributed by atoms with Crippen LogP contribution < -0.4 is 10.6 Å². The summed E-state index contributed by atoms with van der Waals surface area (Å²) in [4.78, 5) is 46.2. The fraction of sp³-hybridized carbons (Fsp3) is 0.714. The first-order valence-corrected chi connectivity index (χ1v) is 10.4. The second-order valence-corrected chi connectivity index (χ2v) is 6.58. The summed E-state index contributed by atoms with van der Waals surface area (Å²) in [7, 11) is 0. The van der Waals surface area contributed by atoms with Crippen molar-refractivity contribution in [3.8, 4) is 0 Å². The summed E-state index contributed by atoms with van der Waals surface area (Å²) >= 11 is 0. The molecule has 0 unspecified atom stereocenters. The second-order valence-electron chi connectivity index (χ2n) is 6.58. The van der Waals surface area contributed by atoms with Crippen LogP contribution in [0.25, 0.3) is 0 Å². The van der Waals surface area contributed by atoms with Crippen LogP contribution in [0.2, 0.25) is 0 Å². The fourth-order valence-electron chi connectivity index (χ4n) is 2.31. The molecule has 0 spiro atoms. The predicted molar refractivity (Wildman–Crippen MR) is 110 cm³/mol. The summed E-state index contributed by atoms with van der Waals surface area (Å²) in [6.45, 7) is 4.91. The molecule has 0 aliphatic heterocycles. The number of unbranched alkanes of at least 4 members (excludes halogenated alkanes) is 4. The largest absolute Gasteiger partial charge is 0.462 e. The number of amides is 2. The van der Waals surface area contributed by atoms with E-state index in [1.807, 2.05) is 13.0 Å². The minimum Gasteiger partial charge on any atom is -0.462 e. The van der Waals surface area contributed by atoms with E-state index in [1.165, 1.54) is 19.3 Å². The number of carbonyl (C=O) groups is 4. The van der Waals surface area contributed by atoms with Gasteiger partial charge in [-0.05, 0) is 13.3 Å². The first-order chi connectivity index (χ1) is 14.0. The second kappa shape index (κ2) is 19.0. The van der Waals surface area contributed by atoms with Gasteiger partial charge in [-0.15, -0.1) is 0 Å². The van der Waals surface area contributed by atoms with Gasteiger partial charge in [-0.1, -0.05) is 44.8 Å². The van der Waals surface area contributed by atoms with Gasteiger partial charge < -0.3 is 20.1 Å². The van der Waals surface area contributed by atoms with Crippen molar-refractivity contribution in [2.24, 2.45) is 0 Å². The number of rotatable bonds is 17. The molecule has 8 nitrogen and oxygen atoms in total. The van der Waals surface area contributed by atoms with Gasteiger partial charge in [0, 0.05) is 25.9 Å². The number of allylic oxidation sites excluding steroid dienone is 1. The molecular formula is C21H36N2O6. The van der Waals surface area contributed by atoms with Crippen molar-refractivity contribution in [1.29, 1.82) is 0 Å². The molecule has 0 saturated heterocycles. The number of nitrogens with one attached hydrogen (secondary N) is 2. The first-order valence-electron chi connectivity index (χ1n) is 10.4. The van der Waals surface area contributed by atoms with Crippen molar-refractivity contribution in [2.45, 2.75) is 71.6 Å². The van der Waals surface area contributed by atoms with Crippen molar-refractivity contribution < 1.29 is 28.7 Å². The zero-order chi connectivity index (χ0) is 21.7. The molecular weight excluding hydrogens is 376 g/mol. The van der Waals surface area contributed by atoms with Crippen molar-refractivity contribution >= 4 is 23.8 Å². The third kappa shape index (κ3) is 18.7. The summed E-state index contributed by atoms with van der Waals surface area (Å²) in [6.07, 6.45) is 9.29. The molecule has 0 heterocycles. The third-order valence-corrected chi connectivity index (χ3v) is 3.98. The van der Waals surface area contributed by atoms with Gasteiger partial charge in [-0.3, -0.25) is 19.2 Å². The SMILES string of the molecule is C/C=C/CNC(=O)CCC(=O)OCCOC(=O)CCC(=O)NCCCCCCC. The zero-order valence-corrected chi connectivity index (χ0v) is 17.8. The van der Waals surface area contributed by atoms with Gasteiger partial charge in [-0.25, -0.2) is 0 Å². The van der Waals surface area contributed by atoms with Crippen LogP contribution in [0.5, 0.6) is 0 Å². The number of esters is 2. The van der Waals surface area contributed by atoms with Gasteiger partial charge in [0.05, 0.1) is 12.8 Å². The van der Waals surface area contributed by atoms with Crippen LogP contribution in [-0.2, 0) is 28.7 Å². The Bertz CT molecular complexity index is 519. The molecule has 0 atom stereocenters. The van der Waals surface area contributed by atoms with E-state index in [1.54, 1.807) is 6.08 Å². The Morgan fingerprint density at radius 2 is 1.31 bits per heavy atom. The van der Waals surface area contributed by atoms with E-state index in [2.05, 4.69) is 17.6 Å². The summed E-state index contributed by atoms with van der Waals surface area (Å²) in [5.41, 5.74) is 0. The summed E-state index contributed by atoms with van der Waals surface area (Å²) in [5.74, 6) is -1.44. The molecule has 0 aliphatic carbocycles. The quantitative estimate of drug-likeness (QED) is 0.216. The number of hydrogen-bond acceptors (Lipinski definition) is 6. The standard InChI is InChI=1S/C21H36N2O6/c1-3-5-7-8-9-15-23-19(25)11-13-21(27)29-17-16-28-20(26)12-10-18(24)22-14-6-4-2/h4,6H,3,5,7-17H2,1-2H3,(H,22,24)(H,23,25)/b6-4+. The highest BCUT2D eigenvalue weighted by molar-refractivity contribution is 5.81. The molecule has 29 heavy (non-hydrogen) atoms. The minimum absolute atomic E-state index is 0.0119. The van der Waals surface area contributed by atoms with Gasteiger partial charge in [-0.2, -0.15) is 0 Å². The predicted octanol–water partition coefficient (Wildman–Crippen LogP) is 2.41. The van der Waals surface area contributed by atoms with Crippen molar-refractivity contribution in [3.63, 3.8) is 0 Å². The zero-order valence-electron chi connectivity index (χ0n) is 17.8. The maximum atomic E-state index is 11.6. The Balaban J connectivity index is 3.59. The molecule has 0 radical (unpaired) electrons. The number of carbonyl (C=O) groups excluding carboxylic acids is 4. The van der Waals surface area contributed by atoms with E-state index in [4.69, 9.17) is 9.47 Å². The van der Waals surface area contributed by atoms with E-state index in [0.717, 1.165) is 12.8 Å². The molecule has 0 aromatic heterocycles. The average molecular weight is 413 g/mol. The smallest absolute Gasteiger partial charge is 0.306 e. The molecule has 0 aliphatic rings.